The van der Waals surface area contributed by atoms with Crippen molar-refractivity contribution in [2.45, 2.75) is 89.8 Å². The van der Waals surface area contributed by atoms with Gasteiger partial charge in [0.05, 0.1) is 11.7 Å². The van der Waals surface area contributed by atoms with Crippen LogP contribution in [0.4, 0.5) is 0 Å². The molecule has 5 aliphatic rings. The van der Waals surface area contributed by atoms with E-state index in [4.69, 9.17) is 0 Å². The van der Waals surface area contributed by atoms with Crippen LogP contribution in [0.3, 0.4) is 0 Å². The van der Waals surface area contributed by atoms with E-state index in [-0.39, 0.29) is 11.5 Å². The van der Waals surface area contributed by atoms with E-state index in [0.29, 0.717) is 29.1 Å². The number of allylic oxidation sites excluding steroid dienone is 3. The third-order valence-electron chi connectivity index (χ3n) is 10.8. The predicted octanol–water partition coefficient (Wildman–Crippen LogP) is 3.68. The van der Waals surface area contributed by atoms with Crippen LogP contribution >= 0.6 is 0 Å². The first kappa shape index (κ1) is 24.3. The van der Waals surface area contributed by atoms with E-state index >= 15 is 0 Å². The molecule has 1 aliphatic heterocycles. The SMILES string of the molecule is C[C@]12CC[C@H](O)C[C@H]1CC[C@@H]1[C@@H]2CC[C@]2(C)[C@@H](/C=C/C=C/CNNC3=NCCCN3)CC[C@]12O. The number of aliphatic imine (C=N–C) groups is 1. The Bertz CT molecular complexity index is 827. The maximum Gasteiger partial charge on any atom is 0.205 e. The lowest BCUT2D eigenvalue weighted by Gasteiger charge is -2.63. The molecule has 0 aromatic rings. The van der Waals surface area contributed by atoms with Gasteiger partial charge < -0.3 is 15.5 Å². The summed E-state index contributed by atoms with van der Waals surface area (Å²) in [5.41, 5.74) is 6.03. The molecule has 34 heavy (non-hydrogen) atoms. The predicted molar refractivity (Wildman–Crippen MR) is 137 cm³/mol. The zero-order valence-corrected chi connectivity index (χ0v) is 21.2. The van der Waals surface area contributed by atoms with Gasteiger partial charge in [0.2, 0.25) is 5.96 Å². The molecule has 0 spiro atoms. The Labute approximate surface area is 205 Å². The number of rotatable bonds is 5. The molecule has 4 aliphatic carbocycles. The fourth-order valence-corrected chi connectivity index (χ4v) is 8.71. The Hall–Kier alpha value is -1.37. The summed E-state index contributed by atoms with van der Waals surface area (Å²) in [7, 11) is 0. The van der Waals surface area contributed by atoms with Gasteiger partial charge in [0.1, 0.15) is 0 Å². The van der Waals surface area contributed by atoms with Crippen molar-refractivity contribution in [2.24, 2.45) is 39.5 Å². The van der Waals surface area contributed by atoms with Crippen molar-refractivity contribution >= 4 is 5.96 Å². The minimum absolute atomic E-state index is 0.0273. The Morgan fingerprint density at radius 1 is 1.06 bits per heavy atom. The first-order valence-corrected chi connectivity index (χ1v) is 13.9. The van der Waals surface area contributed by atoms with Crippen LogP contribution in [-0.2, 0) is 0 Å². The summed E-state index contributed by atoms with van der Waals surface area (Å²) in [5.74, 6) is 2.94. The summed E-state index contributed by atoms with van der Waals surface area (Å²) in [6, 6.07) is 0. The van der Waals surface area contributed by atoms with Gasteiger partial charge in [-0.1, -0.05) is 38.2 Å². The van der Waals surface area contributed by atoms with Crippen LogP contribution in [0.5, 0.6) is 0 Å². The molecular weight excluding hydrogens is 424 g/mol. The number of nitrogens with one attached hydrogen (secondary N) is 3. The Kier molecular flexibility index (Phi) is 6.86. The van der Waals surface area contributed by atoms with Gasteiger partial charge in [-0.3, -0.25) is 10.4 Å². The summed E-state index contributed by atoms with van der Waals surface area (Å²) in [6.07, 6.45) is 19.5. The minimum Gasteiger partial charge on any atom is -0.393 e. The molecule has 6 heteroatoms. The van der Waals surface area contributed by atoms with Crippen molar-refractivity contribution in [3.05, 3.63) is 24.3 Å². The highest BCUT2D eigenvalue weighted by Crippen LogP contribution is 2.69. The third-order valence-corrected chi connectivity index (χ3v) is 10.8. The molecule has 6 nitrogen and oxygen atoms in total. The number of hydrogen-bond donors (Lipinski definition) is 5. The Morgan fingerprint density at radius 2 is 1.94 bits per heavy atom. The highest BCUT2D eigenvalue weighted by molar-refractivity contribution is 5.79. The van der Waals surface area contributed by atoms with Gasteiger partial charge >= 0.3 is 0 Å². The lowest BCUT2D eigenvalue weighted by atomic mass is 9.43. The molecule has 8 atom stereocenters. The van der Waals surface area contributed by atoms with Crippen molar-refractivity contribution in [2.75, 3.05) is 19.6 Å². The zero-order chi connectivity index (χ0) is 23.8. The molecular formula is C28H46N4O2. The summed E-state index contributed by atoms with van der Waals surface area (Å²) in [5, 5.41) is 25.8. The van der Waals surface area contributed by atoms with Crippen molar-refractivity contribution in [3.63, 3.8) is 0 Å². The first-order valence-electron chi connectivity index (χ1n) is 13.9. The van der Waals surface area contributed by atoms with E-state index in [9.17, 15) is 10.2 Å². The largest absolute Gasteiger partial charge is 0.393 e. The highest BCUT2D eigenvalue weighted by Gasteiger charge is 2.66. The van der Waals surface area contributed by atoms with Gasteiger partial charge in [-0.15, -0.1) is 0 Å². The number of hydrogen-bond acceptors (Lipinski definition) is 6. The van der Waals surface area contributed by atoms with Crippen LogP contribution < -0.4 is 16.2 Å². The number of nitrogens with zero attached hydrogens (tertiary/aromatic N) is 1. The molecule has 0 amide bonds. The third kappa shape index (κ3) is 4.14. The number of aliphatic hydroxyl groups is 2. The number of fused-ring (bicyclic) bond motifs is 5. The minimum atomic E-state index is -0.544. The second-order valence-electron chi connectivity index (χ2n) is 12.3. The Balaban J connectivity index is 1.19. The molecule has 190 valence electrons. The van der Waals surface area contributed by atoms with E-state index in [0.717, 1.165) is 77.0 Å². The van der Waals surface area contributed by atoms with Crippen molar-refractivity contribution in [3.8, 4) is 0 Å². The second-order valence-corrected chi connectivity index (χ2v) is 12.3. The highest BCUT2D eigenvalue weighted by atomic mass is 16.3. The van der Waals surface area contributed by atoms with Crippen LogP contribution in [0, 0.1) is 34.5 Å². The smallest absolute Gasteiger partial charge is 0.205 e. The number of guanidine groups is 1. The van der Waals surface area contributed by atoms with Gasteiger partial charge in [0, 0.05) is 25.0 Å². The molecule has 0 aromatic heterocycles. The molecule has 0 radical (unpaired) electrons. The first-order chi connectivity index (χ1) is 16.4. The molecule has 5 N–H and O–H groups in total. The van der Waals surface area contributed by atoms with E-state index < -0.39 is 5.60 Å². The molecule has 4 saturated carbocycles. The summed E-state index contributed by atoms with van der Waals surface area (Å²) < 4.78 is 0. The quantitative estimate of drug-likeness (QED) is 0.240. The topological polar surface area (TPSA) is 88.9 Å². The van der Waals surface area contributed by atoms with Crippen molar-refractivity contribution in [1.29, 1.82) is 0 Å². The molecule has 0 unspecified atom stereocenters. The van der Waals surface area contributed by atoms with Crippen molar-refractivity contribution < 1.29 is 10.2 Å². The maximum absolute atomic E-state index is 12.3. The summed E-state index contributed by atoms with van der Waals surface area (Å²) >= 11 is 0. The van der Waals surface area contributed by atoms with Gasteiger partial charge in [-0.2, -0.15) is 0 Å². The van der Waals surface area contributed by atoms with E-state index in [1.54, 1.807) is 0 Å². The van der Waals surface area contributed by atoms with E-state index in [2.05, 4.69) is 59.3 Å². The Morgan fingerprint density at radius 3 is 2.76 bits per heavy atom. The van der Waals surface area contributed by atoms with Gasteiger partial charge in [-0.25, -0.2) is 5.43 Å². The molecule has 0 aromatic carbocycles. The maximum atomic E-state index is 12.3. The van der Waals surface area contributed by atoms with Gasteiger partial charge in [0.15, 0.2) is 0 Å². The average Bonchev–Trinajstić information content (AvgIpc) is 3.10. The van der Waals surface area contributed by atoms with Crippen LogP contribution in [0.2, 0.25) is 0 Å². The lowest BCUT2D eigenvalue weighted by Crippen LogP contribution is -2.62. The standard InChI is InChI=1S/C28H46N4O2/c1-26-13-11-22(33)19-21(26)8-9-24-23(26)12-14-27(2)20(10-15-28(24,27)34)7-4-3-5-18-31-32-25-29-16-6-17-30-25/h3-5,7,20-24,31,33-34H,6,8-19H2,1-2H3,(H2,29,30,32)/b5-3+,7-4+/t20-,21+,22-,23-,24+,26-,27+,28-/m0/s1. The molecule has 0 bridgehead atoms. The van der Waals surface area contributed by atoms with Gasteiger partial charge in [-0.05, 0) is 93.3 Å². The normalized spacial score (nSPS) is 46.5. The molecule has 5 rings (SSSR count). The summed E-state index contributed by atoms with van der Waals surface area (Å²) in [4.78, 5) is 4.39. The van der Waals surface area contributed by atoms with Crippen LogP contribution in [0.25, 0.3) is 0 Å². The average molecular weight is 471 g/mol. The van der Waals surface area contributed by atoms with Gasteiger partial charge in [0.25, 0.3) is 0 Å². The monoisotopic (exact) mass is 470 g/mol. The van der Waals surface area contributed by atoms with E-state index in [1.165, 1.54) is 12.8 Å². The second kappa shape index (κ2) is 9.59. The molecule has 1 heterocycles. The fraction of sp³-hybridized carbons (Fsp3) is 0.821. The summed E-state index contributed by atoms with van der Waals surface area (Å²) in [6.45, 7) is 7.45. The van der Waals surface area contributed by atoms with Crippen LogP contribution in [0.1, 0.15) is 78.1 Å². The fourth-order valence-electron chi connectivity index (χ4n) is 8.71. The van der Waals surface area contributed by atoms with E-state index in [1.807, 2.05) is 0 Å². The number of hydrazine groups is 1. The molecule has 0 saturated heterocycles. The number of aliphatic hydroxyl groups excluding tert-OH is 1. The zero-order valence-electron chi connectivity index (χ0n) is 21.2. The van der Waals surface area contributed by atoms with Crippen LogP contribution in [0.15, 0.2) is 29.3 Å². The lowest BCUT2D eigenvalue weighted by molar-refractivity contribution is -0.207. The van der Waals surface area contributed by atoms with Crippen molar-refractivity contribution in [1.82, 2.24) is 16.2 Å². The molecule has 4 fully saturated rings. The van der Waals surface area contributed by atoms with Crippen LogP contribution in [-0.4, -0.2) is 47.5 Å².